The number of carboxylic acid groups (broad SMARTS) is 1. The topological polar surface area (TPSA) is 78.4 Å². The second kappa shape index (κ2) is 4.18. The van der Waals surface area contributed by atoms with Gasteiger partial charge >= 0.3 is 5.97 Å². The number of carboxylic acids is 1. The molecule has 2 fully saturated rings. The molecule has 0 bridgehead atoms. The normalized spacial score (nSPS) is 29.3. The Morgan fingerprint density at radius 1 is 1.20 bits per heavy atom. The van der Waals surface area contributed by atoms with Gasteiger partial charge in [0.2, 0.25) is 5.91 Å². The SMILES string of the molecule is O=C(CNC1CCC1C(=O)O)NC1CC1. The number of hydrogen-bond acceptors (Lipinski definition) is 3. The van der Waals surface area contributed by atoms with Crippen LogP contribution in [0.25, 0.3) is 0 Å². The highest BCUT2D eigenvalue weighted by Gasteiger charge is 2.36. The molecule has 0 aliphatic heterocycles. The van der Waals surface area contributed by atoms with Crippen LogP contribution in [0.5, 0.6) is 0 Å². The fourth-order valence-electron chi connectivity index (χ4n) is 1.77. The van der Waals surface area contributed by atoms with E-state index in [0.29, 0.717) is 6.04 Å². The van der Waals surface area contributed by atoms with Crippen LogP contribution in [-0.4, -0.2) is 35.6 Å². The van der Waals surface area contributed by atoms with Crippen LogP contribution in [-0.2, 0) is 9.59 Å². The molecular weight excluding hydrogens is 196 g/mol. The zero-order chi connectivity index (χ0) is 10.8. The van der Waals surface area contributed by atoms with E-state index in [2.05, 4.69) is 10.6 Å². The Hall–Kier alpha value is -1.10. The van der Waals surface area contributed by atoms with Crippen molar-refractivity contribution in [2.45, 2.75) is 37.8 Å². The Bertz CT molecular complexity index is 276. The van der Waals surface area contributed by atoms with Gasteiger partial charge in [-0.1, -0.05) is 0 Å². The molecule has 0 saturated heterocycles. The lowest BCUT2D eigenvalue weighted by atomic mass is 9.79. The molecule has 0 heterocycles. The number of rotatable bonds is 5. The van der Waals surface area contributed by atoms with Crippen LogP contribution in [0.4, 0.5) is 0 Å². The first-order chi connectivity index (χ1) is 7.16. The maximum atomic E-state index is 11.3. The second-order valence-corrected chi connectivity index (χ2v) is 4.35. The van der Waals surface area contributed by atoms with Crippen LogP contribution in [0.1, 0.15) is 25.7 Å². The quantitative estimate of drug-likeness (QED) is 0.585. The summed E-state index contributed by atoms with van der Waals surface area (Å²) in [5, 5.41) is 14.6. The Morgan fingerprint density at radius 3 is 2.40 bits per heavy atom. The Labute approximate surface area is 88.2 Å². The zero-order valence-corrected chi connectivity index (χ0v) is 8.53. The van der Waals surface area contributed by atoms with Crippen LogP contribution < -0.4 is 10.6 Å². The van der Waals surface area contributed by atoms with E-state index < -0.39 is 5.97 Å². The molecule has 0 aromatic heterocycles. The standard InChI is InChI=1S/C10H16N2O3/c13-9(12-6-1-2-6)5-11-8-4-3-7(8)10(14)15/h6-8,11H,1-5H2,(H,12,13)(H,14,15). The Morgan fingerprint density at radius 2 is 1.93 bits per heavy atom. The molecule has 0 radical (unpaired) electrons. The van der Waals surface area contributed by atoms with Gasteiger partial charge in [0.05, 0.1) is 12.5 Å². The molecule has 0 spiro atoms. The summed E-state index contributed by atoms with van der Waals surface area (Å²) in [6.45, 7) is 0.241. The fourth-order valence-corrected chi connectivity index (χ4v) is 1.77. The highest BCUT2D eigenvalue weighted by Crippen LogP contribution is 2.27. The van der Waals surface area contributed by atoms with Crippen molar-refractivity contribution in [3.8, 4) is 0 Å². The van der Waals surface area contributed by atoms with E-state index in [0.717, 1.165) is 25.7 Å². The van der Waals surface area contributed by atoms with Crippen LogP contribution in [0.15, 0.2) is 0 Å². The van der Waals surface area contributed by atoms with E-state index in [9.17, 15) is 9.59 Å². The number of nitrogens with one attached hydrogen (secondary N) is 2. The molecule has 2 atom stereocenters. The molecule has 2 unspecified atom stereocenters. The highest BCUT2D eigenvalue weighted by atomic mass is 16.4. The number of carbonyl (C=O) groups is 2. The van der Waals surface area contributed by atoms with Crippen molar-refractivity contribution in [2.24, 2.45) is 5.92 Å². The summed E-state index contributed by atoms with van der Waals surface area (Å²) < 4.78 is 0. The minimum Gasteiger partial charge on any atom is -0.481 e. The third-order valence-electron chi connectivity index (χ3n) is 3.06. The molecule has 15 heavy (non-hydrogen) atoms. The van der Waals surface area contributed by atoms with E-state index in [1.807, 2.05) is 0 Å². The molecule has 0 aromatic carbocycles. The van der Waals surface area contributed by atoms with Crippen molar-refractivity contribution in [1.29, 1.82) is 0 Å². The van der Waals surface area contributed by atoms with Crippen molar-refractivity contribution in [3.63, 3.8) is 0 Å². The van der Waals surface area contributed by atoms with Crippen LogP contribution >= 0.6 is 0 Å². The summed E-state index contributed by atoms with van der Waals surface area (Å²) in [6.07, 6.45) is 3.73. The molecule has 2 aliphatic rings. The maximum absolute atomic E-state index is 11.3. The first kappa shape index (κ1) is 10.4. The molecule has 5 heteroatoms. The first-order valence-corrected chi connectivity index (χ1v) is 5.42. The van der Waals surface area contributed by atoms with Crippen LogP contribution in [0.3, 0.4) is 0 Å². The average molecular weight is 212 g/mol. The van der Waals surface area contributed by atoms with E-state index in [4.69, 9.17) is 5.11 Å². The molecule has 2 aliphatic carbocycles. The second-order valence-electron chi connectivity index (χ2n) is 4.35. The molecule has 5 nitrogen and oxygen atoms in total. The number of aliphatic carboxylic acids is 1. The summed E-state index contributed by atoms with van der Waals surface area (Å²) in [5.74, 6) is -1.09. The molecule has 0 aromatic rings. The van der Waals surface area contributed by atoms with Crippen molar-refractivity contribution >= 4 is 11.9 Å². The van der Waals surface area contributed by atoms with Gasteiger partial charge < -0.3 is 15.7 Å². The van der Waals surface area contributed by atoms with E-state index in [1.165, 1.54) is 0 Å². The lowest BCUT2D eigenvalue weighted by Gasteiger charge is -2.33. The van der Waals surface area contributed by atoms with Gasteiger partial charge in [-0.05, 0) is 25.7 Å². The number of amides is 1. The average Bonchev–Trinajstić information content (AvgIpc) is 2.85. The highest BCUT2D eigenvalue weighted by molar-refractivity contribution is 5.79. The van der Waals surface area contributed by atoms with Gasteiger partial charge in [0.15, 0.2) is 0 Å². The smallest absolute Gasteiger partial charge is 0.308 e. The van der Waals surface area contributed by atoms with E-state index >= 15 is 0 Å². The molecule has 2 rings (SSSR count). The summed E-state index contributed by atoms with van der Waals surface area (Å²) in [7, 11) is 0. The summed E-state index contributed by atoms with van der Waals surface area (Å²) in [4.78, 5) is 22.0. The Balaban J connectivity index is 1.64. The monoisotopic (exact) mass is 212 g/mol. The van der Waals surface area contributed by atoms with Crippen LogP contribution in [0, 0.1) is 5.92 Å². The minimum absolute atomic E-state index is 0.0199. The van der Waals surface area contributed by atoms with E-state index in [1.54, 1.807) is 0 Å². The minimum atomic E-state index is -0.763. The third-order valence-corrected chi connectivity index (χ3v) is 3.06. The third kappa shape index (κ3) is 2.68. The van der Waals surface area contributed by atoms with Crippen molar-refractivity contribution in [1.82, 2.24) is 10.6 Å². The van der Waals surface area contributed by atoms with Gasteiger partial charge in [-0.15, -0.1) is 0 Å². The fraction of sp³-hybridized carbons (Fsp3) is 0.800. The van der Waals surface area contributed by atoms with Gasteiger partial charge in [-0.3, -0.25) is 9.59 Å². The first-order valence-electron chi connectivity index (χ1n) is 5.42. The van der Waals surface area contributed by atoms with Crippen LogP contribution in [0.2, 0.25) is 0 Å². The zero-order valence-electron chi connectivity index (χ0n) is 8.53. The number of carbonyl (C=O) groups excluding carboxylic acids is 1. The molecular formula is C10H16N2O3. The van der Waals surface area contributed by atoms with Gasteiger partial charge in [0.25, 0.3) is 0 Å². The summed E-state index contributed by atoms with van der Waals surface area (Å²) in [6, 6.07) is 0.350. The largest absolute Gasteiger partial charge is 0.481 e. The van der Waals surface area contributed by atoms with Gasteiger partial charge in [-0.2, -0.15) is 0 Å². The number of hydrogen-bond donors (Lipinski definition) is 3. The molecule has 3 N–H and O–H groups in total. The molecule has 2 saturated carbocycles. The van der Waals surface area contributed by atoms with E-state index in [-0.39, 0.29) is 24.4 Å². The lowest BCUT2D eigenvalue weighted by molar-refractivity contribution is -0.146. The van der Waals surface area contributed by atoms with Gasteiger partial charge in [-0.25, -0.2) is 0 Å². The molecule has 84 valence electrons. The summed E-state index contributed by atoms with van der Waals surface area (Å²) >= 11 is 0. The molecule has 1 amide bonds. The Kier molecular flexibility index (Phi) is 2.90. The predicted octanol–water partition coefficient (Wildman–Crippen LogP) is -0.282. The van der Waals surface area contributed by atoms with Crippen molar-refractivity contribution in [3.05, 3.63) is 0 Å². The van der Waals surface area contributed by atoms with Gasteiger partial charge in [0, 0.05) is 12.1 Å². The predicted molar refractivity (Wildman–Crippen MR) is 53.3 cm³/mol. The maximum Gasteiger partial charge on any atom is 0.308 e. The summed E-state index contributed by atoms with van der Waals surface area (Å²) in [5.41, 5.74) is 0. The lowest BCUT2D eigenvalue weighted by Crippen LogP contribution is -2.50. The van der Waals surface area contributed by atoms with Crippen molar-refractivity contribution < 1.29 is 14.7 Å². The van der Waals surface area contributed by atoms with Crippen molar-refractivity contribution in [2.75, 3.05) is 6.54 Å². The van der Waals surface area contributed by atoms with Gasteiger partial charge in [0.1, 0.15) is 0 Å².